The number of nitrogens with zero attached hydrogens (tertiary/aromatic N) is 2. The van der Waals surface area contributed by atoms with Gasteiger partial charge in [-0.2, -0.15) is 13.2 Å². The average Bonchev–Trinajstić information content (AvgIpc) is 2.87. The third kappa shape index (κ3) is 7.86. The largest absolute Gasteiger partial charge is 0.416 e. The van der Waals surface area contributed by atoms with E-state index in [-0.39, 0.29) is 6.04 Å². The third-order valence-electron chi connectivity index (χ3n) is 7.19. The lowest BCUT2D eigenvalue weighted by Crippen LogP contribution is -2.44. The van der Waals surface area contributed by atoms with Crippen LogP contribution in [0.2, 0.25) is 0 Å². The highest BCUT2D eigenvalue weighted by Gasteiger charge is 2.34. The van der Waals surface area contributed by atoms with Crippen LogP contribution in [0.4, 0.5) is 18.9 Å². The second-order valence-corrected chi connectivity index (χ2v) is 11.8. The Bertz CT molecular complexity index is 1040. The molecule has 2 aliphatic rings. The van der Waals surface area contributed by atoms with Crippen molar-refractivity contribution in [3.8, 4) is 0 Å². The first-order chi connectivity index (χ1) is 17.8. The molecule has 0 saturated carbocycles. The summed E-state index contributed by atoms with van der Waals surface area (Å²) < 4.78 is 42.2. The number of hydrogen-bond acceptors (Lipinski definition) is 6. The van der Waals surface area contributed by atoms with Gasteiger partial charge in [0, 0.05) is 84.8 Å². The first kappa shape index (κ1) is 28.7. The first-order valence-electron chi connectivity index (χ1n) is 13.0. The predicted molar refractivity (Wildman–Crippen MR) is 150 cm³/mol. The summed E-state index contributed by atoms with van der Waals surface area (Å²) in [6.45, 7) is 7.93. The van der Waals surface area contributed by atoms with E-state index in [0.717, 1.165) is 85.7 Å². The maximum absolute atomic E-state index is 13.8. The minimum Gasteiger partial charge on any atom is -0.382 e. The Kier molecular flexibility index (Phi) is 10.2. The molecule has 5 nitrogen and oxygen atoms in total. The number of piperidine rings is 1. The lowest BCUT2D eigenvalue weighted by atomic mass is 9.98. The highest BCUT2D eigenvalue weighted by atomic mass is 79.9. The van der Waals surface area contributed by atoms with E-state index in [4.69, 9.17) is 0 Å². The summed E-state index contributed by atoms with van der Waals surface area (Å²) in [7, 11) is 3.96. The van der Waals surface area contributed by atoms with Crippen molar-refractivity contribution in [1.82, 2.24) is 20.4 Å². The van der Waals surface area contributed by atoms with Crippen LogP contribution >= 0.6 is 27.7 Å². The van der Waals surface area contributed by atoms with Crippen LogP contribution in [0.25, 0.3) is 0 Å². The molecule has 0 atom stereocenters. The topological polar surface area (TPSA) is 42.6 Å². The molecule has 10 heteroatoms. The Hall–Kier alpha value is -1.30. The van der Waals surface area contributed by atoms with Gasteiger partial charge in [-0.1, -0.05) is 33.8 Å². The van der Waals surface area contributed by atoms with Crippen molar-refractivity contribution < 1.29 is 13.2 Å². The molecule has 204 valence electrons. The van der Waals surface area contributed by atoms with Gasteiger partial charge in [0.1, 0.15) is 0 Å². The molecule has 4 rings (SSSR count). The second-order valence-electron chi connectivity index (χ2n) is 9.84. The highest BCUT2D eigenvalue weighted by Crippen LogP contribution is 2.46. The average molecular weight is 601 g/mol. The van der Waals surface area contributed by atoms with Crippen LogP contribution in [0.5, 0.6) is 0 Å². The van der Waals surface area contributed by atoms with Gasteiger partial charge in [-0.05, 0) is 62.3 Å². The van der Waals surface area contributed by atoms with Gasteiger partial charge in [-0.25, -0.2) is 0 Å². The monoisotopic (exact) mass is 599 g/mol. The fourth-order valence-electron chi connectivity index (χ4n) is 4.97. The molecule has 3 N–H and O–H groups in total. The van der Waals surface area contributed by atoms with Crippen LogP contribution in [0, 0.1) is 0 Å². The first-order valence-corrected chi connectivity index (χ1v) is 14.6. The van der Waals surface area contributed by atoms with Crippen molar-refractivity contribution in [3.63, 3.8) is 0 Å². The molecule has 1 saturated heterocycles. The van der Waals surface area contributed by atoms with Gasteiger partial charge >= 0.3 is 6.18 Å². The van der Waals surface area contributed by atoms with E-state index in [1.54, 1.807) is 0 Å². The van der Waals surface area contributed by atoms with Crippen molar-refractivity contribution in [2.45, 2.75) is 41.3 Å². The molecular weight excluding hydrogens is 563 g/mol. The van der Waals surface area contributed by atoms with Gasteiger partial charge in [-0.3, -0.25) is 4.90 Å². The van der Waals surface area contributed by atoms with Crippen LogP contribution in [-0.2, 0) is 12.6 Å². The van der Waals surface area contributed by atoms with Gasteiger partial charge in [0.15, 0.2) is 0 Å². The minimum atomic E-state index is -4.38. The number of nitrogens with one attached hydrogen (secondary N) is 3. The van der Waals surface area contributed by atoms with E-state index in [0.29, 0.717) is 17.0 Å². The zero-order valence-corrected chi connectivity index (χ0v) is 24.0. The number of fused-ring (bicyclic) bond motifs is 2. The van der Waals surface area contributed by atoms with Crippen LogP contribution in [0.1, 0.15) is 29.5 Å². The van der Waals surface area contributed by atoms with E-state index >= 15 is 0 Å². The van der Waals surface area contributed by atoms with Crippen molar-refractivity contribution in [3.05, 3.63) is 51.5 Å². The zero-order valence-electron chi connectivity index (χ0n) is 21.6. The second kappa shape index (κ2) is 13.2. The lowest BCUT2D eigenvalue weighted by Gasteiger charge is -2.35. The van der Waals surface area contributed by atoms with E-state index in [2.05, 4.69) is 47.7 Å². The molecule has 0 radical (unpaired) electrons. The van der Waals surface area contributed by atoms with E-state index in [9.17, 15) is 13.2 Å². The number of halogens is 4. The Morgan fingerprint density at radius 3 is 2.35 bits per heavy atom. The number of hydrogen-bond donors (Lipinski definition) is 3. The normalized spacial score (nSPS) is 16.6. The SMILES string of the molecule is CNCCN(CCNC)CCN1CCC(Nc2cc(C(F)(F)F)cc3c2Cc2ccc(Br)cc2S3)CC1. The standard InChI is InChI=1S/C27H37BrF3N5S/c1-32-7-11-36(12-8-33-2)14-13-35-9-5-22(6-10-35)34-24-16-20(27(29,30)31)17-26-23(24)15-19-3-4-21(28)18-25(19)37-26/h3-4,16-18,22,32-34H,5-15H2,1-2H3. The molecule has 2 heterocycles. The molecule has 0 spiro atoms. The van der Waals surface area contributed by atoms with Crippen molar-refractivity contribution in [1.29, 1.82) is 0 Å². The van der Waals surface area contributed by atoms with Crippen molar-refractivity contribution in [2.24, 2.45) is 0 Å². The summed E-state index contributed by atoms with van der Waals surface area (Å²) in [5.41, 5.74) is 2.18. The van der Waals surface area contributed by atoms with Crippen molar-refractivity contribution in [2.75, 3.05) is 71.8 Å². The summed E-state index contributed by atoms with van der Waals surface area (Å²) >= 11 is 4.92. The molecule has 1 fully saturated rings. The third-order valence-corrected chi connectivity index (χ3v) is 8.87. The Balaban J connectivity index is 1.40. The number of anilines is 1. The molecule has 37 heavy (non-hydrogen) atoms. The zero-order chi connectivity index (χ0) is 26.4. The summed E-state index contributed by atoms with van der Waals surface area (Å²) in [6, 6.07) is 8.85. The summed E-state index contributed by atoms with van der Waals surface area (Å²) in [4.78, 5) is 6.66. The Morgan fingerprint density at radius 2 is 1.70 bits per heavy atom. The molecule has 0 bridgehead atoms. The fraction of sp³-hybridized carbons (Fsp3) is 0.556. The molecule has 2 aliphatic heterocycles. The number of alkyl halides is 3. The van der Waals surface area contributed by atoms with E-state index < -0.39 is 11.7 Å². The maximum atomic E-state index is 13.8. The fourth-order valence-corrected chi connectivity index (χ4v) is 6.67. The molecule has 0 amide bonds. The molecule has 0 unspecified atom stereocenters. The van der Waals surface area contributed by atoms with Gasteiger partial charge in [0.25, 0.3) is 0 Å². The predicted octanol–water partition coefficient (Wildman–Crippen LogP) is 5.14. The van der Waals surface area contributed by atoms with Crippen LogP contribution in [0.15, 0.2) is 44.6 Å². The van der Waals surface area contributed by atoms with Gasteiger partial charge < -0.3 is 20.9 Å². The van der Waals surface area contributed by atoms with Gasteiger partial charge in [0.2, 0.25) is 0 Å². The Labute approximate surface area is 231 Å². The molecular formula is C27H37BrF3N5S. The number of benzene rings is 2. The van der Waals surface area contributed by atoms with E-state index in [1.807, 2.05) is 26.2 Å². The summed E-state index contributed by atoms with van der Waals surface area (Å²) in [5.74, 6) is 0. The Morgan fingerprint density at radius 1 is 1.00 bits per heavy atom. The van der Waals surface area contributed by atoms with Gasteiger partial charge in [-0.15, -0.1) is 0 Å². The quantitative estimate of drug-likeness (QED) is 0.284. The molecule has 2 aromatic carbocycles. The molecule has 0 aromatic heterocycles. The maximum Gasteiger partial charge on any atom is 0.416 e. The number of likely N-dealkylation sites (tertiary alicyclic amines) is 1. The summed E-state index contributed by atoms with van der Waals surface area (Å²) in [5, 5.41) is 9.98. The number of likely N-dealkylation sites (N-methyl/N-ethyl adjacent to an activating group) is 2. The van der Waals surface area contributed by atoms with Crippen LogP contribution in [0.3, 0.4) is 0 Å². The van der Waals surface area contributed by atoms with Gasteiger partial charge in [0.05, 0.1) is 5.56 Å². The summed E-state index contributed by atoms with van der Waals surface area (Å²) in [6.07, 6.45) is -1.89. The lowest BCUT2D eigenvalue weighted by molar-refractivity contribution is -0.137. The minimum absolute atomic E-state index is 0.171. The van der Waals surface area contributed by atoms with Crippen molar-refractivity contribution >= 4 is 33.4 Å². The molecule has 2 aromatic rings. The van der Waals surface area contributed by atoms with Crippen LogP contribution < -0.4 is 16.0 Å². The van der Waals surface area contributed by atoms with Crippen LogP contribution in [-0.4, -0.2) is 82.3 Å². The number of rotatable bonds is 11. The smallest absolute Gasteiger partial charge is 0.382 e. The molecule has 0 aliphatic carbocycles. The highest BCUT2D eigenvalue weighted by molar-refractivity contribution is 9.10. The van der Waals surface area contributed by atoms with E-state index in [1.165, 1.54) is 23.9 Å².